The van der Waals surface area contributed by atoms with Crippen LogP contribution in [0.3, 0.4) is 0 Å². The number of halogens is 1. The summed E-state index contributed by atoms with van der Waals surface area (Å²) < 4.78 is 0. The Morgan fingerprint density at radius 1 is 1.14 bits per heavy atom. The van der Waals surface area contributed by atoms with Crippen molar-refractivity contribution in [3.8, 4) is 0 Å². The van der Waals surface area contributed by atoms with E-state index in [0.717, 1.165) is 22.4 Å². The van der Waals surface area contributed by atoms with Crippen molar-refractivity contribution in [2.75, 3.05) is 18.4 Å². The lowest BCUT2D eigenvalue weighted by Crippen LogP contribution is -2.38. The van der Waals surface area contributed by atoms with Crippen LogP contribution in [0.1, 0.15) is 23.1 Å². The second-order valence-electron chi connectivity index (χ2n) is 7.28. The number of hydrogen-bond donors (Lipinski definition) is 2. The van der Waals surface area contributed by atoms with Gasteiger partial charge in [0.1, 0.15) is 0 Å². The highest BCUT2D eigenvalue weighted by Gasteiger charge is 2.34. The number of carbonyl (C=O) groups excluding carboxylic acids is 3. The molecule has 0 radical (unpaired) electrons. The molecule has 0 bridgehead atoms. The van der Waals surface area contributed by atoms with Crippen LogP contribution in [0, 0.1) is 19.8 Å². The minimum Gasteiger partial charge on any atom is -0.347 e. The van der Waals surface area contributed by atoms with Gasteiger partial charge in [-0.15, -0.1) is 0 Å². The normalized spacial score (nSPS) is 16.0. The molecule has 2 aromatic carbocycles. The van der Waals surface area contributed by atoms with Gasteiger partial charge in [0.05, 0.1) is 12.5 Å². The van der Waals surface area contributed by atoms with Crippen LogP contribution in [0.5, 0.6) is 0 Å². The molecule has 0 aliphatic carbocycles. The second kappa shape index (κ2) is 9.09. The predicted molar refractivity (Wildman–Crippen MR) is 113 cm³/mol. The molecule has 1 atom stereocenters. The van der Waals surface area contributed by atoms with Crippen molar-refractivity contribution in [2.45, 2.75) is 26.8 Å². The van der Waals surface area contributed by atoms with E-state index in [9.17, 15) is 14.4 Å². The van der Waals surface area contributed by atoms with Gasteiger partial charge in [0, 0.05) is 30.2 Å². The molecule has 2 N–H and O–H groups in total. The second-order valence-corrected chi connectivity index (χ2v) is 7.69. The number of rotatable bonds is 6. The first-order chi connectivity index (χ1) is 13.8. The van der Waals surface area contributed by atoms with Crippen LogP contribution in [0.25, 0.3) is 0 Å². The molecule has 2 aromatic rings. The number of hydrogen-bond acceptors (Lipinski definition) is 3. The van der Waals surface area contributed by atoms with Crippen LogP contribution in [-0.4, -0.2) is 35.7 Å². The quantitative estimate of drug-likeness (QED) is 0.763. The zero-order valence-electron chi connectivity index (χ0n) is 16.5. The molecule has 29 heavy (non-hydrogen) atoms. The molecule has 0 aromatic heterocycles. The molecular formula is C22H24ClN3O3. The summed E-state index contributed by atoms with van der Waals surface area (Å²) in [6.07, 6.45) is 0.134. The zero-order valence-corrected chi connectivity index (χ0v) is 17.3. The Morgan fingerprint density at radius 3 is 2.66 bits per heavy atom. The van der Waals surface area contributed by atoms with E-state index >= 15 is 0 Å². The molecule has 1 aliphatic heterocycles. The average molecular weight is 414 g/mol. The van der Waals surface area contributed by atoms with Crippen molar-refractivity contribution in [3.63, 3.8) is 0 Å². The lowest BCUT2D eigenvalue weighted by atomic mass is 10.1. The number of benzene rings is 2. The summed E-state index contributed by atoms with van der Waals surface area (Å²) in [7, 11) is 0. The summed E-state index contributed by atoms with van der Waals surface area (Å²) in [5, 5.41) is 6.04. The standard InChI is InChI=1S/C22H24ClN3O3/c1-14-6-5-9-19(15(14)2)25-20(27)11-24-22(29)17-10-21(28)26(13-17)12-16-7-3-4-8-18(16)23/h3-9,17H,10-13H2,1-2H3,(H,24,29)(H,25,27)/t17-/m0/s1. The molecule has 1 heterocycles. The molecule has 152 valence electrons. The van der Waals surface area contributed by atoms with Gasteiger partial charge in [0.15, 0.2) is 0 Å². The van der Waals surface area contributed by atoms with Gasteiger partial charge >= 0.3 is 0 Å². The smallest absolute Gasteiger partial charge is 0.243 e. The Kier molecular flexibility index (Phi) is 6.54. The van der Waals surface area contributed by atoms with Crippen LogP contribution in [-0.2, 0) is 20.9 Å². The fourth-order valence-electron chi connectivity index (χ4n) is 3.33. The third-order valence-corrected chi connectivity index (χ3v) is 5.57. The van der Waals surface area contributed by atoms with Crippen molar-refractivity contribution >= 4 is 35.0 Å². The molecule has 3 rings (SSSR count). The summed E-state index contributed by atoms with van der Waals surface area (Å²) in [6.45, 7) is 4.45. The van der Waals surface area contributed by atoms with Crippen molar-refractivity contribution in [2.24, 2.45) is 5.92 Å². The summed E-state index contributed by atoms with van der Waals surface area (Å²) in [6, 6.07) is 13.0. The van der Waals surface area contributed by atoms with E-state index in [1.165, 1.54) is 0 Å². The van der Waals surface area contributed by atoms with Crippen molar-refractivity contribution in [3.05, 3.63) is 64.2 Å². The van der Waals surface area contributed by atoms with Crippen LogP contribution in [0.4, 0.5) is 5.69 Å². The van der Waals surface area contributed by atoms with E-state index in [1.807, 2.05) is 50.2 Å². The van der Waals surface area contributed by atoms with E-state index in [4.69, 9.17) is 11.6 Å². The largest absolute Gasteiger partial charge is 0.347 e. The maximum Gasteiger partial charge on any atom is 0.243 e. The van der Waals surface area contributed by atoms with Gasteiger partial charge < -0.3 is 15.5 Å². The number of aryl methyl sites for hydroxylation is 1. The number of likely N-dealkylation sites (tertiary alicyclic amines) is 1. The number of nitrogens with zero attached hydrogens (tertiary/aromatic N) is 1. The number of carbonyl (C=O) groups is 3. The molecule has 1 aliphatic rings. The topological polar surface area (TPSA) is 78.5 Å². The van der Waals surface area contributed by atoms with Crippen molar-refractivity contribution < 1.29 is 14.4 Å². The van der Waals surface area contributed by atoms with Crippen LogP contribution in [0.2, 0.25) is 5.02 Å². The Hall–Kier alpha value is -2.86. The lowest BCUT2D eigenvalue weighted by molar-refractivity contribution is -0.129. The first-order valence-electron chi connectivity index (χ1n) is 9.50. The summed E-state index contributed by atoms with van der Waals surface area (Å²) in [5.74, 6) is -1.16. The van der Waals surface area contributed by atoms with E-state index < -0.39 is 5.92 Å². The number of nitrogens with one attached hydrogen (secondary N) is 2. The minimum atomic E-state index is -0.474. The molecule has 0 spiro atoms. The van der Waals surface area contributed by atoms with Gasteiger partial charge in [0.25, 0.3) is 0 Å². The van der Waals surface area contributed by atoms with Crippen molar-refractivity contribution in [1.29, 1.82) is 0 Å². The average Bonchev–Trinajstić information content (AvgIpc) is 3.06. The lowest BCUT2D eigenvalue weighted by Gasteiger charge is -2.17. The molecule has 0 saturated carbocycles. The van der Waals surface area contributed by atoms with Crippen LogP contribution >= 0.6 is 11.6 Å². The third kappa shape index (κ3) is 5.15. The molecule has 3 amide bonds. The monoisotopic (exact) mass is 413 g/mol. The Morgan fingerprint density at radius 2 is 1.90 bits per heavy atom. The van der Waals surface area contributed by atoms with Crippen molar-refractivity contribution in [1.82, 2.24) is 10.2 Å². The highest BCUT2D eigenvalue weighted by molar-refractivity contribution is 6.31. The van der Waals surface area contributed by atoms with E-state index in [0.29, 0.717) is 18.1 Å². The van der Waals surface area contributed by atoms with Gasteiger partial charge in [-0.05, 0) is 42.7 Å². The fraction of sp³-hybridized carbons (Fsp3) is 0.318. The molecule has 7 heteroatoms. The molecule has 1 saturated heterocycles. The van der Waals surface area contributed by atoms with Gasteiger partial charge in [-0.3, -0.25) is 14.4 Å². The maximum absolute atomic E-state index is 12.4. The summed E-state index contributed by atoms with van der Waals surface area (Å²) in [4.78, 5) is 38.5. The third-order valence-electron chi connectivity index (χ3n) is 5.21. The maximum atomic E-state index is 12.4. The van der Waals surface area contributed by atoms with Gasteiger partial charge in [-0.2, -0.15) is 0 Å². The minimum absolute atomic E-state index is 0.0927. The molecule has 0 unspecified atom stereocenters. The fourth-order valence-corrected chi connectivity index (χ4v) is 3.52. The Labute approximate surface area is 175 Å². The van der Waals surface area contributed by atoms with E-state index in [1.54, 1.807) is 11.0 Å². The first-order valence-corrected chi connectivity index (χ1v) is 9.88. The summed E-state index contributed by atoms with van der Waals surface area (Å²) >= 11 is 6.16. The molecule has 1 fully saturated rings. The van der Waals surface area contributed by atoms with Gasteiger partial charge in [0.2, 0.25) is 17.7 Å². The summed E-state index contributed by atoms with van der Waals surface area (Å²) in [5.41, 5.74) is 3.64. The van der Waals surface area contributed by atoms with Crippen LogP contribution in [0.15, 0.2) is 42.5 Å². The van der Waals surface area contributed by atoms with E-state index in [2.05, 4.69) is 10.6 Å². The van der Waals surface area contributed by atoms with Gasteiger partial charge in [-0.25, -0.2) is 0 Å². The highest BCUT2D eigenvalue weighted by atomic mass is 35.5. The molecule has 6 nitrogen and oxygen atoms in total. The predicted octanol–water partition coefficient (Wildman–Crippen LogP) is 3.06. The SMILES string of the molecule is Cc1cccc(NC(=O)CNC(=O)[C@H]2CC(=O)N(Cc3ccccc3Cl)C2)c1C. The van der Waals surface area contributed by atoms with E-state index in [-0.39, 0.29) is 30.7 Å². The number of amides is 3. The zero-order chi connectivity index (χ0) is 21.0. The molecular weight excluding hydrogens is 390 g/mol. The Bertz CT molecular complexity index is 945. The highest BCUT2D eigenvalue weighted by Crippen LogP contribution is 2.23. The first kappa shape index (κ1) is 20.9. The van der Waals surface area contributed by atoms with Gasteiger partial charge in [-0.1, -0.05) is 41.9 Å². The number of anilines is 1. The van der Waals surface area contributed by atoms with Crippen LogP contribution < -0.4 is 10.6 Å². The Balaban J connectivity index is 1.51.